The third kappa shape index (κ3) is 20.4. The third-order valence-electron chi connectivity index (χ3n) is 4.36. The highest BCUT2D eigenvalue weighted by molar-refractivity contribution is 7.47. The minimum absolute atomic E-state index is 0.159. The third-order valence-corrected chi connectivity index (χ3v) is 5.31. The van der Waals surface area contributed by atoms with E-state index < -0.39 is 7.82 Å². The number of phosphoric ester groups is 1. The van der Waals surface area contributed by atoms with Crippen LogP contribution in [0.3, 0.4) is 0 Å². The Morgan fingerprint density at radius 2 is 1.08 bits per heavy atom. The zero-order chi connectivity index (χ0) is 19.7. The number of rotatable bonds is 19. The van der Waals surface area contributed by atoms with Crippen LogP contribution in [0.2, 0.25) is 0 Å². The second-order valence-corrected chi connectivity index (χ2v) is 9.90. The summed E-state index contributed by atoms with van der Waals surface area (Å²) in [6, 6.07) is 0. The highest BCUT2D eigenvalue weighted by Crippen LogP contribution is 2.43. The number of nitrogens with zero attached hydrogens (tertiary/aromatic N) is 1. The van der Waals surface area contributed by atoms with Crippen LogP contribution in [0.5, 0.6) is 0 Å². The van der Waals surface area contributed by atoms with E-state index >= 15 is 0 Å². The molecule has 0 radical (unpaired) electrons. The van der Waals surface area contributed by atoms with Gasteiger partial charge in [-0.05, 0) is 6.42 Å². The van der Waals surface area contributed by atoms with Crippen LogP contribution in [0.4, 0.5) is 0 Å². The van der Waals surface area contributed by atoms with Crippen LogP contribution in [0, 0.1) is 0 Å². The van der Waals surface area contributed by atoms with Gasteiger partial charge in [0.2, 0.25) is 0 Å². The van der Waals surface area contributed by atoms with Crippen molar-refractivity contribution in [3.8, 4) is 0 Å². The Bertz CT molecular complexity index is 358. The molecule has 0 aromatic heterocycles. The average Bonchev–Trinajstić information content (AvgIpc) is 2.56. The van der Waals surface area contributed by atoms with E-state index in [1.807, 2.05) is 21.1 Å². The predicted molar refractivity (Wildman–Crippen MR) is 110 cm³/mol. The predicted octanol–water partition coefficient (Wildman–Crippen LogP) is 6.27. The molecule has 0 bridgehead atoms. The van der Waals surface area contributed by atoms with Gasteiger partial charge in [0.1, 0.15) is 0 Å². The smallest absolute Gasteiger partial charge is 0.308 e. The van der Waals surface area contributed by atoms with Crippen molar-refractivity contribution in [2.45, 2.75) is 96.8 Å². The molecule has 0 saturated carbocycles. The van der Waals surface area contributed by atoms with E-state index in [4.69, 9.17) is 9.05 Å². The molecule has 0 saturated heterocycles. The van der Waals surface area contributed by atoms with Crippen LogP contribution in [0.1, 0.15) is 96.8 Å². The van der Waals surface area contributed by atoms with E-state index in [1.54, 1.807) is 0 Å². The second-order valence-electron chi connectivity index (χ2n) is 8.45. The molecule has 0 heterocycles. The first kappa shape index (κ1) is 26.1. The molecule has 0 aromatic rings. The Kier molecular flexibility index (Phi) is 16.1. The van der Waals surface area contributed by atoms with Gasteiger partial charge in [0.15, 0.2) is 6.73 Å². The van der Waals surface area contributed by atoms with Gasteiger partial charge in [-0.1, -0.05) is 90.4 Å². The minimum Gasteiger partial charge on any atom is -0.308 e. The van der Waals surface area contributed by atoms with Crippen molar-refractivity contribution in [1.82, 2.24) is 0 Å². The number of quaternary nitrogens is 1. The van der Waals surface area contributed by atoms with Crippen molar-refractivity contribution >= 4 is 7.82 Å². The number of hydrogen-bond acceptors (Lipinski definition) is 3. The lowest BCUT2D eigenvalue weighted by Gasteiger charge is -2.24. The normalized spacial score (nSPS) is 14.5. The lowest BCUT2D eigenvalue weighted by molar-refractivity contribution is -0.887. The fourth-order valence-electron chi connectivity index (χ4n) is 2.76. The largest absolute Gasteiger partial charge is 0.476 e. The molecular weight excluding hydrogens is 349 g/mol. The van der Waals surface area contributed by atoms with E-state index in [-0.39, 0.29) is 6.73 Å². The molecule has 0 aromatic carbocycles. The molecule has 0 aliphatic carbocycles. The molecule has 0 fully saturated rings. The molecule has 26 heavy (non-hydrogen) atoms. The fraction of sp³-hybridized carbons (Fsp3) is 1.00. The van der Waals surface area contributed by atoms with Gasteiger partial charge >= 0.3 is 7.82 Å². The maximum absolute atomic E-state index is 11.7. The molecule has 0 aliphatic rings. The van der Waals surface area contributed by atoms with Gasteiger partial charge < -0.3 is 9.38 Å². The Balaban J connectivity index is 3.30. The van der Waals surface area contributed by atoms with Crippen LogP contribution in [0.15, 0.2) is 0 Å². The van der Waals surface area contributed by atoms with Crippen LogP contribution in [-0.2, 0) is 13.6 Å². The van der Waals surface area contributed by atoms with Gasteiger partial charge in [-0.25, -0.2) is 9.09 Å². The maximum atomic E-state index is 11.7. The van der Waals surface area contributed by atoms with Gasteiger partial charge in [-0.15, -0.1) is 0 Å². The average molecular weight is 395 g/mol. The van der Waals surface area contributed by atoms with Crippen molar-refractivity contribution in [1.29, 1.82) is 0 Å². The maximum Gasteiger partial charge on any atom is 0.476 e. The highest BCUT2D eigenvalue weighted by atomic mass is 31.2. The first-order valence-corrected chi connectivity index (χ1v) is 12.2. The molecular formula is C20H45NO4P+. The SMILES string of the molecule is CCCCCCCCCCCCCCCCOP(=O)(O)OC[N+](C)(C)C. The van der Waals surface area contributed by atoms with Gasteiger partial charge in [0.25, 0.3) is 0 Å². The Labute approximate surface area is 162 Å². The van der Waals surface area contributed by atoms with E-state index in [0.29, 0.717) is 11.1 Å². The summed E-state index contributed by atoms with van der Waals surface area (Å²) in [4.78, 5) is 9.58. The first-order valence-electron chi connectivity index (χ1n) is 10.7. The number of hydrogen-bond donors (Lipinski definition) is 1. The monoisotopic (exact) mass is 394 g/mol. The van der Waals surface area contributed by atoms with Crippen LogP contribution >= 0.6 is 7.82 Å². The molecule has 158 valence electrons. The lowest BCUT2D eigenvalue weighted by Crippen LogP contribution is -2.36. The molecule has 0 rings (SSSR count). The van der Waals surface area contributed by atoms with Crippen LogP contribution < -0.4 is 0 Å². The summed E-state index contributed by atoms with van der Waals surface area (Å²) < 4.78 is 22.1. The number of phosphoric acid groups is 1. The van der Waals surface area contributed by atoms with Crippen molar-refractivity contribution < 1.29 is 23.0 Å². The van der Waals surface area contributed by atoms with E-state index in [2.05, 4.69) is 6.92 Å². The summed E-state index contributed by atoms with van der Waals surface area (Å²) in [6.45, 7) is 2.72. The standard InChI is InChI=1S/C20H44NO4P/c1-5-6-7-8-9-10-11-12-13-14-15-16-17-18-19-24-26(22,23)25-20-21(2,3)4/h5-20H2,1-4H3/p+1. The van der Waals surface area contributed by atoms with Gasteiger partial charge in [-0.3, -0.25) is 4.52 Å². The summed E-state index contributed by atoms with van der Waals surface area (Å²) in [6.07, 6.45) is 18.1. The zero-order valence-corrected chi connectivity index (χ0v) is 18.8. The van der Waals surface area contributed by atoms with Crippen molar-refractivity contribution in [3.05, 3.63) is 0 Å². The van der Waals surface area contributed by atoms with Crippen LogP contribution in [0.25, 0.3) is 0 Å². The van der Waals surface area contributed by atoms with Crippen molar-refractivity contribution in [3.63, 3.8) is 0 Å². The summed E-state index contributed by atoms with van der Waals surface area (Å²) in [5.41, 5.74) is 0. The van der Waals surface area contributed by atoms with E-state index in [0.717, 1.165) is 12.8 Å². The molecule has 1 N–H and O–H groups in total. The summed E-state index contributed by atoms with van der Waals surface area (Å²) in [5, 5.41) is 0. The highest BCUT2D eigenvalue weighted by Gasteiger charge is 2.24. The molecule has 1 atom stereocenters. The van der Waals surface area contributed by atoms with Crippen LogP contribution in [-0.4, -0.2) is 43.9 Å². The van der Waals surface area contributed by atoms with Gasteiger partial charge in [-0.2, -0.15) is 0 Å². The Morgan fingerprint density at radius 3 is 1.46 bits per heavy atom. The van der Waals surface area contributed by atoms with E-state index in [1.165, 1.54) is 77.0 Å². The molecule has 5 nitrogen and oxygen atoms in total. The molecule has 0 aliphatic heterocycles. The quantitative estimate of drug-likeness (QED) is 0.121. The fourth-order valence-corrected chi connectivity index (χ4v) is 3.69. The molecule has 0 spiro atoms. The first-order chi connectivity index (χ1) is 12.3. The molecule has 1 unspecified atom stereocenters. The summed E-state index contributed by atoms with van der Waals surface area (Å²) >= 11 is 0. The lowest BCUT2D eigenvalue weighted by atomic mass is 10.0. The number of unbranched alkanes of at least 4 members (excludes halogenated alkanes) is 13. The summed E-state index contributed by atoms with van der Waals surface area (Å²) in [5.74, 6) is 0. The van der Waals surface area contributed by atoms with Crippen molar-refractivity contribution in [2.24, 2.45) is 0 Å². The van der Waals surface area contributed by atoms with E-state index in [9.17, 15) is 9.46 Å². The topological polar surface area (TPSA) is 55.8 Å². The minimum atomic E-state index is -3.89. The van der Waals surface area contributed by atoms with Gasteiger partial charge in [0.05, 0.1) is 27.7 Å². The Hall–Kier alpha value is 0.0700. The summed E-state index contributed by atoms with van der Waals surface area (Å²) in [7, 11) is 1.80. The van der Waals surface area contributed by atoms with Gasteiger partial charge in [0, 0.05) is 0 Å². The molecule has 6 heteroatoms. The molecule has 0 amide bonds. The Morgan fingerprint density at radius 1 is 0.692 bits per heavy atom. The van der Waals surface area contributed by atoms with Crippen molar-refractivity contribution in [2.75, 3.05) is 34.5 Å². The zero-order valence-electron chi connectivity index (χ0n) is 17.9. The second kappa shape index (κ2) is 16.1.